The van der Waals surface area contributed by atoms with E-state index in [4.69, 9.17) is 0 Å². The standard InChI is InChI=1S/C23H33FN4O6/c1-21(4-2-5-21)8-15(27-19(33)20(34)28-23-10-22(24,11-23)12-23)18(32)26-14(16(30)9-29)7-13-3-6-25-17(13)31/h13-15,29H,2-12H2,1H3,(H,25,31)(H,26,32)(H,27,33)(H,28,34)/t13-,14-,15-,22?,23?/m0/s1. The summed E-state index contributed by atoms with van der Waals surface area (Å²) in [4.78, 5) is 62.4. The monoisotopic (exact) mass is 480 g/mol. The van der Waals surface area contributed by atoms with Gasteiger partial charge in [-0.05, 0) is 37.5 Å². The number of alkyl halides is 1. The molecule has 188 valence electrons. The molecule has 1 aliphatic heterocycles. The third kappa shape index (κ3) is 4.94. The number of halogens is 1. The second-order valence-electron chi connectivity index (χ2n) is 11.0. The van der Waals surface area contributed by atoms with Crippen LogP contribution >= 0.6 is 0 Å². The number of carbonyl (C=O) groups excluding carboxylic acids is 5. The number of nitrogens with one attached hydrogen (secondary N) is 4. The number of ketones is 1. The molecule has 0 spiro atoms. The molecular formula is C23H33FN4O6. The first kappa shape index (κ1) is 24.6. The average Bonchev–Trinajstić information content (AvgIpc) is 3.13. The number of carbonyl (C=O) groups is 5. The predicted octanol–water partition coefficient (Wildman–Crippen LogP) is -0.615. The maximum absolute atomic E-state index is 13.7. The van der Waals surface area contributed by atoms with Crippen molar-refractivity contribution in [1.82, 2.24) is 21.3 Å². The number of amides is 4. The van der Waals surface area contributed by atoms with Gasteiger partial charge in [-0.1, -0.05) is 13.3 Å². The van der Waals surface area contributed by atoms with E-state index in [1.807, 2.05) is 6.92 Å². The minimum Gasteiger partial charge on any atom is -0.389 e. The Morgan fingerprint density at radius 2 is 1.79 bits per heavy atom. The van der Waals surface area contributed by atoms with Crippen LogP contribution in [-0.2, 0) is 24.0 Å². The Labute approximate surface area is 197 Å². The van der Waals surface area contributed by atoms with Crippen LogP contribution in [0.2, 0.25) is 0 Å². The molecule has 2 bridgehead atoms. The van der Waals surface area contributed by atoms with E-state index >= 15 is 0 Å². The lowest BCUT2D eigenvalue weighted by molar-refractivity contribution is -0.177. The van der Waals surface area contributed by atoms with Gasteiger partial charge in [-0.3, -0.25) is 24.0 Å². The van der Waals surface area contributed by atoms with Crippen LogP contribution in [0.3, 0.4) is 0 Å². The maximum Gasteiger partial charge on any atom is 0.309 e. The lowest BCUT2D eigenvalue weighted by Crippen LogP contribution is -2.77. The van der Waals surface area contributed by atoms with Gasteiger partial charge in [-0.15, -0.1) is 0 Å². The van der Waals surface area contributed by atoms with E-state index in [0.717, 1.165) is 19.3 Å². The molecular weight excluding hydrogens is 447 g/mol. The summed E-state index contributed by atoms with van der Waals surface area (Å²) in [5, 5.41) is 19.7. The molecule has 0 aromatic carbocycles. The second-order valence-corrected chi connectivity index (χ2v) is 11.0. The molecule has 1 saturated heterocycles. The first-order valence-electron chi connectivity index (χ1n) is 12.0. The topological polar surface area (TPSA) is 154 Å². The van der Waals surface area contributed by atoms with E-state index in [1.165, 1.54) is 0 Å². The fourth-order valence-electron chi connectivity index (χ4n) is 5.81. The lowest BCUT2D eigenvalue weighted by Gasteiger charge is -2.65. The molecule has 0 aromatic rings. The van der Waals surface area contributed by atoms with Crippen LogP contribution in [0.5, 0.6) is 0 Å². The third-order valence-corrected chi connectivity index (χ3v) is 7.97. The molecule has 1 heterocycles. The molecule has 5 aliphatic rings. The average molecular weight is 481 g/mol. The van der Waals surface area contributed by atoms with Gasteiger partial charge in [0.25, 0.3) is 0 Å². The van der Waals surface area contributed by atoms with Gasteiger partial charge >= 0.3 is 11.8 Å². The van der Waals surface area contributed by atoms with Crippen molar-refractivity contribution in [3.8, 4) is 0 Å². The Bertz CT molecular complexity index is 884. The fourth-order valence-corrected chi connectivity index (χ4v) is 5.81. The van der Waals surface area contributed by atoms with Gasteiger partial charge < -0.3 is 26.4 Å². The number of aliphatic hydroxyl groups excluding tert-OH is 1. The number of hydrogen-bond acceptors (Lipinski definition) is 6. The summed E-state index contributed by atoms with van der Waals surface area (Å²) in [5.41, 5.74) is -2.08. The number of aliphatic hydroxyl groups is 1. The molecule has 3 atom stereocenters. The Kier molecular flexibility index (Phi) is 6.43. The van der Waals surface area contributed by atoms with Crippen LogP contribution in [-0.4, -0.2) is 71.0 Å². The molecule has 4 aliphatic carbocycles. The van der Waals surface area contributed by atoms with E-state index < -0.39 is 59.3 Å². The molecule has 0 aromatic heterocycles. The molecule has 34 heavy (non-hydrogen) atoms. The number of hydrogen-bond donors (Lipinski definition) is 5. The summed E-state index contributed by atoms with van der Waals surface area (Å²) in [5.74, 6) is -3.85. The van der Waals surface area contributed by atoms with Crippen molar-refractivity contribution in [3.05, 3.63) is 0 Å². The van der Waals surface area contributed by atoms with E-state index in [-0.39, 0.29) is 43.4 Å². The second kappa shape index (κ2) is 8.90. The molecule has 0 radical (unpaired) electrons. The zero-order chi connectivity index (χ0) is 24.7. The summed E-state index contributed by atoms with van der Waals surface area (Å²) in [6.07, 6.45) is 4.15. The molecule has 0 unspecified atom stereocenters. The Morgan fingerprint density at radius 1 is 1.12 bits per heavy atom. The Morgan fingerprint density at radius 3 is 2.29 bits per heavy atom. The van der Waals surface area contributed by atoms with Crippen molar-refractivity contribution in [2.75, 3.05) is 13.2 Å². The highest BCUT2D eigenvalue weighted by Gasteiger charge is 2.70. The third-order valence-electron chi connectivity index (χ3n) is 7.97. The van der Waals surface area contributed by atoms with Crippen molar-refractivity contribution in [2.24, 2.45) is 11.3 Å². The highest BCUT2D eigenvalue weighted by molar-refractivity contribution is 6.35. The van der Waals surface area contributed by atoms with Crippen LogP contribution in [0.4, 0.5) is 4.39 Å². The van der Waals surface area contributed by atoms with Crippen LogP contribution in [0, 0.1) is 11.3 Å². The van der Waals surface area contributed by atoms with Gasteiger partial charge in [0.1, 0.15) is 18.3 Å². The minimum atomic E-state index is -1.23. The highest BCUT2D eigenvalue weighted by Crippen LogP contribution is 2.62. The summed E-state index contributed by atoms with van der Waals surface area (Å²) >= 11 is 0. The van der Waals surface area contributed by atoms with Crippen LogP contribution in [0.1, 0.15) is 64.7 Å². The Balaban J connectivity index is 1.40. The van der Waals surface area contributed by atoms with E-state index in [2.05, 4.69) is 21.3 Å². The normalized spacial score (nSPS) is 32.1. The molecule has 4 amide bonds. The van der Waals surface area contributed by atoms with Crippen LogP contribution < -0.4 is 21.3 Å². The van der Waals surface area contributed by atoms with E-state index in [0.29, 0.717) is 13.0 Å². The SMILES string of the molecule is CC1(C[C@H](NC(=O)C(=O)NC23CC(F)(C2)C3)C(=O)N[C@@H](C[C@@H]2CCNC2=O)C(=O)CO)CCC1. The smallest absolute Gasteiger partial charge is 0.309 e. The molecule has 10 nitrogen and oxygen atoms in total. The zero-order valence-corrected chi connectivity index (χ0v) is 19.4. The summed E-state index contributed by atoms with van der Waals surface area (Å²) in [6.45, 7) is 1.67. The summed E-state index contributed by atoms with van der Waals surface area (Å²) in [6, 6.07) is -2.16. The highest BCUT2D eigenvalue weighted by atomic mass is 19.1. The first-order chi connectivity index (χ1) is 16.0. The molecule has 5 rings (SSSR count). The van der Waals surface area contributed by atoms with Gasteiger partial charge in [0.2, 0.25) is 11.8 Å². The maximum atomic E-state index is 13.7. The molecule has 4 saturated carbocycles. The number of Topliss-reactive ketones (excluding diaryl/α,β-unsaturated/α-hetero) is 1. The molecule has 11 heteroatoms. The van der Waals surface area contributed by atoms with Crippen molar-refractivity contribution in [1.29, 1.82) is 0 Å². The lowest BCUT2D eigenvalue weighted by atomic mass is 9.47. The quantitative estimate of drug-likeness (QED) is 0.263. The van der Waals surface area contributed by atoms with Crippen LogP contribution in [0.25, 0.3) is 0 Å². The predicted molar refractivity (Wildman–Crippen MR) is 117 cm³/mol. The largest absolute Gasteiger partial charge is 0.389 e. The van der Waals surface area contributed by atoms with Gasteiger partial charge in [-0.25, -0.2) is 4.39 Å². The van der Waals surface area contributed by atoms with E-state index in [1.54, 1.807) is 0 Å². The van der Waals surface area contributed by atoms with Gasteiger partial charge in [-0.2, -0.15) is 0 Å². The zero-order valence-electron chi connectivity index (χ0n) is 19.4. The van der Waals surface area contributed by atoms with E-state index in [9.17, 15) is 33.5 Å². The fraction of sp³-hybridized carbons (Fsp3) is 0.783. The molecule has 5 fully saturated rings. The Hall–Kier alpha value is -2.56. The van der Waals surface area contributed by atoms with Crippen molar-refractivity contribution >= 4 is 29.4 Å². The van der Waals surface area contributed by atoms with Crippen molar-refractivity contribution < 1.29 is 33.5 Å². The van der Waals surface area contributed by atoms with Crippen LogP contribution in [0.15, 0.2) is 0 Å². The van der Waals surface area contributed by atoms with Crippen molar-refractivity contribution in [2.45, 2.75) is 88.0 Å². The van der Waals surface area contributed by atoms with Crippen molar-refractivity contribution in [3.63, 3.8) is 0 Å². The summed E-state index contributed by atoms with van der Waals surface area (Å²) < 4.78 is 13.7. The van der Waals surface area contributed by atoms with Gasteiger partial charge in [0.15, 0.2) is 5.78 Å². The minimum absolute atomic E-state index is 0.0445. The summed E-state index contributed by atoms with van der Waals surface area (Å²) in [7, 11) is 0. The van der Waals surface area contributed by atoms with Gasteiger partial charge in [0, 0.05) is 37.3 Å². The first-order valence-corrected chi connectivity index (χ1v) is 12.0. The number of rotatable bonds is 10. The molecule has 5 N–H and O–H groups in total. The van der Waals surface area contributed by atoms with Gasteiger partial charge in [0.05, 0.1) is 6.04 Å².